The van der Waals surface area contributed by atoms with Crippen molar-refractivity contribution in [3.8, 4) is 0 Å². The average Bonchev–Trinajstić information content (AvgIpc) is 3.34. The van der Waals surface area contributed by atoms with Crippen molar-refractivity contribution in [3.63, 3.8) is 0 Å². The van der Waals surface area contributed by atoms with E-state index in [2.05, 4.69) is 61.9 Å². The maximum absolute atomic E-state index is 12.5. The molecule has 5 rings (SSSR count). The molecule has 7 nitrogen and oxygen atoms in total. The number of carbonyl (C=O) groups is 1. The highest BCUT2D eigenvalue weighted by molar-refractivity contribution is 5.74. The first-order chi connectivity index (χ1) is 18.1. The number of benzene rings is 1. The van der Waals surface area contributed by atoms with E-state index in [9.17, 15) is 9.90 Å². The predicted octanol–water partition coefficient (Wildman–Crippen LogP) is 4.52. The van der Waals surface area contributed by atoms with Gasteiger partial charge in [-0.1, -0.05) is 49.6 Å². The van der Waals surface area contributed by atoms with E-state index < -0.39 is 5.97 Å². The Morgan fingerprint density at radius 1 is 1.05 bits per heavy atom. The second kappa shape index (κ2) is 12.4. The summed E-state index contributed by atoms with van der Waals surface area (Å²) >= 11 is 0. The third-order valence-corrected chi connectivity index (χ3v) is 9.11. The lowest BCUT2D eigenvalue weighted by atomic mass is 9.83. The van der Waals surface area contributed by atoms with Crippen LogP contribution in [0.15, 0.2) is 48.9 Å². The van der Waals surface area contributed by atoms with E-state index in [0.717, 1.165) is 70.8 Å². The number of hydrogen-bond acceptors (Lipinski definition) is 6. The third kappa shape index (κ3) is 6.15. The molecule has 3 aliphatic rings. The second-order valence-electron chi connectivity index (χ2n) is 11.3. The fourth-order valence-electron chi connectivity index (χ4n) is 7.29. The molecule has 0 spiro atoms. The summed E-state index contributed by atoms with van der Waals surface area (Å²) in [6.45, 7) is 8.06. The Morgan fingerprint density at radius 2 is 1.81 bits per heavy atom. The van der Waals surface area contributed by atoms with Gasteiger partial charge in [0.05, 0.1) is 6.20 Å². The van der Waals surface area contributed by atoms with Gasteiger partial charge in [0.15, 0.2) is 0 Å². The van der Waals surface area contributed by atoms with Gasteiger partial charge in [0.2, 0.25) is 0 Å². The molecule has 1 N–H and O–H groups in total. The molecule has 7 heteroatoms. The van der Waals surface area contributed by atoms with Crippen LogP contribution in [0.3, 0.4) is 0 Å². The topological polar surface area (TPSA) is 72.8 Å². The quantitative estimate of drug-likeness (QED) is 0.537. The van der Waals surface area contributed by atoms with Crippen molar-refractivity contribution in [1.82, 2.24) is 19.8 Å². The molecule has 3 fully saturated rings. The van der Waals surface area contributed by atoms with Gasteiger partial charge in [-0.15, -0.1) is 0 Å². The SMILES string of the molecule is CCN(c1cnccn1)C1CCN(CC2CN(C(C(=O)O)C3CCCCC3)CC2c2ccccc2)CC1. The maximum atomic E-state index is 12.5. The summed E-state index contributed by atoms with van der Waals surface area (Å²) in [5, 5.41) is 10.3. The van der Waals surface area contributed by atoms with Crippen LogP contribution in [0.5, 0.6) is 0 Å². The first-order valence-electron chi connectivity index (χ1n) is 14.4. The van der Waals surface area contributed by atoms with Crippen molar-refractivity contribution in [1.29, 1.82) is 0 Å². The molecule has 3 heterocycles. The molecule has 0 bridgehead atoms. The molecular formula is C30H43N5O2. The van der Waals surface area contributed by atoms with Crippen molar-refractivity contribution in [2.45, 2.75) is 69.9 Å². The maximum Gasteiger partial charge on any atom is 0.321 e. The van der Waals surface area contributed by atoms with Crippen LogP contribution < -0.4 is 4.90 Å². The number of aromatic nitrogens is 2. The van der Waals surface area contributed by atoms with Gasteiger partial charge in [-0.2, -0.15) is 0 Å². The Kier molecular flexibility index (Phi) is 8.72. The Morgan fingerprint density at radius 3 is 2.46 bits per heavy atom. The van der Waals surface area contributed by atoms with E-state index in [1.165, 1.54) is 24.8 Å². The van der Waals surface area contributed by atoms with Gasteiger partial charge in [0.1, 0.15) is 11.9 Å². The van der Waals surface area contributed by atoms with E-state index in [0.29, 0.717) is 23.8 Å². The average molecular weight is 506 g/mol. The second-order valence-corrected chi connectivity index (χ2v) is 11.3. The number of hydrogen-bond donors (Lipinski definition) is 1. The monoisotopic (exact) mass is 505 g/mol. The summed E-state index contributed by atoms with van der Waals surface area (Å²) in [5.41, 5.74) is 1.36. The lowest BCUT2D eigenvalue weighted by molar-refractivity contribution is -0.145. The van der Waals surface area contributed by atoms with Gasteiger partial charge >= 0.3 is 5.97 Å². The van der Waals surface area contributed by atoms with Gasteiger partial charge in [-0.25, -0.2) is 4.98 Å². The number of carboxylic acids is 1. The largest absolute Gasteiger partial charge is 0.480 e. The lowest BCUT2D eigenvalue weighted by Gasteiger charge is -2.40. The molecular weight excluding hydrogens is 462 g/mol. The van der Waals surface area contributed by atoms with Crippen molar-refractivity contribution in [2.75, 3.05) is 44.2 Å². The van der Waals surface area contributed by atoms with E-state index in [-0.39, 0.29) is 6.04 Å². The molecule has 1 aromatic carbocycles. The van der Waals surface area contributed by atoms with Crippen molar-refractivity contribution in [2.24, 2.45) is 11.8 Å². The van der Waals surface area contributed by atoms with E-state index in [4.69, 9.17) is 0 Å². The number of carboxylic acid groups (broad SMARTS) is 1. The fourth-order valence-corrected chi connectivity index (χ4v) is 7.29. The van der Waals surface area contributed by atoms with Crippen LogP contribution in [0.25, 0.3) is 0 Å². The van der Waals surface area contributed by atoms with E-state index >= 15 is 0 Å². The van der Waals surface area contributed by atoms with Gasteiger partial charge in [-0.3, -0.25) is 14.7 Å². The summed E-state index contributed by atoms with van der Waals surface area (Å²) in [6, 6.07) is 11.0. The number of likely N-dealkylation sites (tertiary alicyclic amines) is 2. The van der Waals surface area contributed by atoms with E-state index in [1.807, 2.05) is 6.20 Å². The minimum absolute atomic E-state index is 0.290. The van der Waals surface area contributed by atoms with Crippen LogP contribution in [-0.2, 0) is 4.79 Å². The van der Waals surface area contributed by atoms with Crippen molar-refractivity contribution < 1.29 is 9.90 Å². The first-order valence-corrected chi connectivity index (χ1v) is 14.4. The Bertz CT molecular complexity index is 976. The predicted molar refractivity (Wildman–Crippen MR) is 147 cm³/mol. The lowest BCUT2D eigenvalue weighted by Crippen LogP contribution is -2.48. The Labute approximate surface area is 221 Å². The van der Waals surface area contributed by atoms with Crippen LogP contribution in [-0.4, -0.2) is 82.2 Å². The zero-order valence-electron chi connectivity index (χ0n) is 22.3. The summed E-state index contributed by atoms with van der Waals surface area (Å²) in [4.78, 5) is 28.7. The highest BCUT2D eigenvalue weighted by Crippen LogP contribution is 2.38. The zero-order chi connectivity index (χ0) is 25.6. The fraction of sp³-hybridized carbons (Fsp3) is 0.633. The number of anilines is 1. The number of rotatable bonds is 9. The Balaban J connectivity index is 1.26. The standard InChI is InChI=1S/C30H43N5O2/c1-2-35(28-19-31-15-16-32-28)26-13-17-33(18-14-26)20-25-21-34(22-27(25)23-9-5-3-6-10-23)29(30(36)37)24-11-7-4-8-12-24/h3,5-6,9-10,15-16,19,24-27,29H,2,4,7-8,11-14,17-18,20-22H2,1H3,(H,36,37). The van der Waals surface area contributed by atoms with Crippen molar-refractivity contribution >= 4 is 11.8 Å². The molecule has 2 aliphatic heterocycles. The number of aliphatic carboxylic acids is 1. The number of nitrogens with zero attached hydrogens (tertiary/aromatic N) is 5. The molecule has 0 radical (unpaired) electrons. The molecule has 1 aliphatic carbocycles. The molecule has 2 aromatic rings. The molecule has 1 saturated carbocycles. The van der Waals surface area contributed by atoms with Gasteiger partial charge in [-0.05, 0) is 50.0 Å². The van der Waals surface area contributed by atoms with Crippen LogP contribution in [0.4, 0.5) is 5.82 Å². The minimum Gasteiger partial charge on any atom is -0.480 e. The third-order valence-electron chi connectivity index (χ3n) is 9.11. The molecule has 0 amide bonds. The number of piperidine rings is 1. The highest BCUT2D eigenvalue weighted by Gasteiger charge is 2.43. The normalized spacial score (nSPS) is 25.2. The zero-order valence-corrected chi connectivity index (χ0v) is 22.3. The molecule has 1 aromatic heterocycles. The molecule has 200 valence electrons. The molecule has 3 atom stereocenters. The summed E-state index contributed by atoms with van der Waals surface area (Å²) in [6.07, 6.45) is 13.3. The summed E-state index contributed by atoms with van der Waals surface area (Å²) < 4.78 is 0. The van der Waals surface area contributed by atoms with Gasteiger partial charge in [0, 0.05) is 63.6 Å². The van der Waals surface area contributed by atoms with Crippen LogP contribution in [0.2, 0.25) is 0 Å². The molecule has 37 heavy (non-hydrogen) atoms. The summed E-state index contributed by atoms with van der Waals surface area (Å²) in [5.74, 6) is 1.48. The summed E-state index contributed by atoms with van der Waals surface area (Å²) in [7, 11) is 0. The van der Waals surface area contributed by atoms with Crippen molar-refractivity contribution in [3.05, 3.63) is 54.5 Å². The van der Waals surface area contributed by atoms with Crippen LogP contribution in [0, 0.1) is 11.8 Å². The molecule has 2 saturated heterocycles. The van der Waals surface area contributed by atoms with E-state index in [1.54, 1.807) is 12.4 Å². The smallest absolute Gasteiger partial charge is 0.321 e. The van der Waals surface area contributed by atoms with Crippen LogP contribution in [0.1, 0.15) is 63.4 Å². The highest BCUT2D eigenvalue weighted by atomic mass is 16.4. The first kappa shape index (κ1) is 26.1. The molecule has 3 unspecified atom stereocenters. The Hall–Kier alpha value is -2.51. The van der Waals surface area contributed by atoms with Crippen LogP contribution >= 0.6 is 0 Å². The minimum atomic E-state index is -0.621. The van der Waals surface area contributed by atoms with Gasteiger partial charge < -0.3 is 14.9 Å². The van der Waals surface area contributed by atoms with Gasteiger partial charge in [0.25, 0.3) is 0 Å².